The third-order valence-electron chi connectivity index (χ3n) is 3.16. The lowest BCUT2D eigenvalue weighted by Crippen LogP contribution is -2.22. The minimum atomic E-state index is -0.522. The summed E-state index contributed by atoms with van der Waals surface area (Å²) in [6, 6.07) is 11.2. The van der Waals surface area contributed by atoms with Crippen molar-refractivity contribution in [2.75, 3.05) is 10.6 Å². The lowest BCUT2D eigenvalue weighted by atomic mass is 9.86. The first-order chi connectivity index (χ1) is 10.3. The molecule has 2 amide bonds. The molecule has 0 aliphatic rings. The van der Waals surface area contributed by atoms with Crippen LogP contribution in [0.3, 0.4) is 0 Å². The molecule has 0 heterocycles. The molecule has 0 fully saturated rings. The van der Waals surface area contributed by atoms with Gasteiger partial charge in [0.15, 0.2) is 0 Å². The first kappa shape index (κ1) is 16.3. The number of amides is 2. The van der Waals surface area contributed by atoms with Gasteiger partial charge in [-0.25, -0.2) is 9.18 Å². The van der Waals surface area contributed by atoms with Gasteiger partial charge >= 0.3 is 6.03 Å². The highest BCUT2D eigenvalue weighted by Gasteiger charge is 2.18. The largest absolute Gasteiger partial charge is 0.323 e. The van der Waals surface area contributed by atoms with Crippen LogP contribution in [0.5, 0.6) is 0 Å². The van der Waals surface area contributed by atoms with Crippen molar-refractivity contribution in [2.24, 2.45) is 0 Å². The van der Waals surface area contributed by atoms with Crippen LogP contribution in [0.25, 0.3) is 0 Å². The van der Waals surface area contributed by atoms with Gasteiger partial charge < -0.3 is 10.6 Å². The topological polar surface area (TPSA) is 41.1 Å². The van der Waals surface area contributed by atoms with Crippen molar-refractivity contribution in [2.45, 2.75) is 26.2 Å². The highest BCUT2D eigenvalue weighted by Crippen LogP contribution is 2.29. The van der Waals surface area contributed by atoms with Gasteiger partial charge in [0.05, 0.1) is 5.02 Å². The molecule has 3 nitrogen and oxygen atoms in total. The highest BCUT2D eigenvalue weighted by atomic mass is 35.5. The van der Waals surface area contributed by atoms with E-state index in [0.717, 1.165) is 11.3 Å². The molecule has 0 radical (unpaired) electrons. The summed E-state index contributed by atoms with van der Waals surface area (Å²) < 4.78 is 13.1. The van der Waals surface area contributed by atoms with Gasteiger partial charge in [-0.1, -0.05) is 50.6 Å². The van der Waals surface area contributed by atoms with Gasteiger partial charge in [0.1, 0.15) is 5.82 Å². The van der Waals surface area contributed by atoms with Crippen molar-refractivity contribution in [3.63, 3.8) is 0 Å². The molecular weight excluding hydrogens is 303 g/mol. The van der Waals surface area contributed by atoms with E-state index in [2.05, 4.69) is 31.4 Å². The molecule has 2 N–H and O–H groups in total. The monoisotopic (exact) mass is 320 g/mol. The molecular formula is C17H18ClFN2O. The quantitative estimate of drug-likeness (QED) is 0.762. The summed E-state index contributed by atoms with van der Waals surface area (Å²) in [6.07, 6.45) is 0. The molecule has 116 valence electrons. The summed E-state index contributed by atoms with van der Waals surface area (Å²) in [5, 5.41) is 5.41. The van der Waals surface area contributed by atoms with Crippen LogP contribution in [0, 0.1) is 5.82 Å². The molecule has 5 heteroatoms. The second kappa shape index (κ2) is 6.36. The average Bonchev–Trinajstić information content (AvgIpc) is 2.42. The van der Waals surface area contributed by atoms with Gasteiger partial charge in [0, 0.05) is 11.4 Å². The molecule has 22 heavy (non-hydrogen) atoms. The maximum Gasteiger partial charge on any atom is 0.323 e. The van der Waals surface area contributed by atoms with Crippen LogP contribution >= 0.6 is 11.6 Å². The summed E-state index contributed by atoms with van der Waals surface area (Å²) in [5.41, 5.74) is 2.10. The van der Waals surface area contributed by atoms with Gasteiger partial charge in [0.2, 0.25) is 0 Å². The van der Waals surface area contributed by atoms with Gasteiger partial charge in [-0.3, -0.25) is 0 Å². The Hall–Kier alpha value is -2.07. The van der Waals surface area contributed by atoms with Crippen molar-refractivity contribution >= 4 is 29.0 Å². The number of halogens is 2. The lowest BCUT2D eigenvalue weighted by Gasteiger charge is -2.23. The van der Waals surface area contributed by atoms with Crippen LogP contribution in [-0.4, -0.2) is 6.03 Å². The Labute approximate surface area is 134 Å². The van der Waals surface area contributed by atoms with E-state index in [1.165, 1.54) is 18.2 Å². The summed E-state index contributed by atoms with van der Waals surface area (Å²) >= 11 is 5.70. The van der Waals surface area contributed by atoms with E-state index in [1.54, 1.807) is 0 Å². The number of benzene rings is 2. The maximum absolute atomic E-state index is 13.1. The number of hydrogen-bond donors (Lipinski definition) is 2. The zero-order chi connectivity index (χ0) is 16.3. The van der Waals surface area contributed by atoms with Gasteiger partial charge in [-0.2, -0.15) is 0 Å². The van der Waals surface area contributed by atoms with Crippen LogP contribution in [0.1, 0.15) is 26.3 Å². The first-order valence-corrected chi connectivity index (χ1v) is 7.28. The fourth-order valence-electron chi connectivity index (χ4n) is 2.10. The smallest absolute Gasteiger partial charge is 0.308 e. The Morgan fingerprint density at radius 1 is 1.09 bits per heavy atom. The molecule has 0 atom stereocenters. The Morgan fingerprint density at radius 2 is 1.77 bits per heavy atom. The zero-order valence-corrected chi connectivity index (χ0v) is 13.5. The molecule has 0 saturated carbocycles. The first-order valence-electron chi connectivity index (χ1n) is 6.90. The molecule has 2 rings (SSSR count). The minimum Gasteiger partial charge on any atom is -0.308 e. The number of carbonyl (C=O) groups is 1. The third-order valence-corrected chi connectivity index (χ3v) is 3.45. The van der Waals surface area contributed by atoms with Crippen LogP contribution in [0.15, 0.2) is 42.5 Å². The number of nitrogens with one attached hydrogen (secondary N) is 2. The fraction of sp³-hybridized carbons (Fsp3) is 0.235. The van der Waals surface area contributed by atoms with Gasteiger partial charge in [0.25, 0.3) is 0 Å². The Balaban J connectivity index is 2.14. The summed E-state index contributed by atoms with van der Waals surface area (Å²) in [6.45, 7) is 6.22. The molecule has 0 unspecified atom stereocenters. The molecule has 0 spiro atoms. The predicted octanol–water partition coefficient (Wildman–Crippen LogP) is 5.42. The van der Waals surface area contributed by atoms with E-state index >= 15 is 0 Å². The maximum atomic E-state index is 13.1. The predicted molar refractivity (Wildman–Crippen MR) is 89.2 cm³/mol. The number of urea groups is 1. The van der Waals surface area contributed by atoms with E-state index in [1.807, 2.05) is 24.3 Å². The van der Waals surface area contributed by atoms with Crippen molar-refractivity contribution in [1.82, 2.24) is 0 Å². The molecule has 0 bridgehead atoms. The van der Waals surface area contributed by atoms with E-state index in [0.29, 0.717) is 5.69 Å². The van der Waals surface area contributed by atoms with Crippen molar-refractivity contribution in [3.8, 4) is 0 Å². The van der Waals surface area contributed by atoms with Crippen LogP contribution in [0.2, 0.25) is 5.02 Å². The molecule has 0 saturated heterocycles. The minimum absolute atomic E-state index is 0.0344. The third kappa shape index (κ3) is 3.98. The van der Waals surface area contributed by atoms with Gasteiger partial charge in [-0.05, 0) is 35.2 Å². The number of para-hydroxylation sites is 1. The van der Waals surface area contributed by atoms with E-state index in [4.69, 9.17) is 11.6 Å². The van der Waals surface area contributed by atoms with Crippen molar-refractivity contribution < 1.29 is 9.18 Å². The Kier molecular flexibility index (Phi) is 4.71. The van der Waals surface area contributed by atoms with Crippen LogP contribution < -0.4 is 10.6 Å². The SMILES string of the molecule is CC(C)(C)c1ccccc1NC(=O)Nc1ccc(F)c(Cl)c1. The Morgan fingerprint density at radius 3 is 2.41 bits per heavy atom. The van der Waals surface area contributed by atoms with E-state index in [-0.39, 0.29) is 10.4 Å². The number of anilines is 2. The molecule has 2 aromatic carbocycles. The average molecular weight is 321 g/mol. The highest BCUT2D eigenvalue weighted by molar-refractivity contribution is 6.31. The van der Waals surface area contributed by atoms with Crippen molar-refractivity contribution in [3.05, 3.63) is 58.9 Å². The number of carbonyl (C=O) groups excluding carboxylic acids is 1. The normalized spacial score (nSPS) is 11.1. The van der Waals surface area contributed by atoms with Gasteiger partial charge in [-0.15, -0.1) is 0 Å². The standard InChI is InChI=1S/C17H18ClFN2O/c1-17(2,3)12-6-4-5-7-15(12)21-16(22)20-11-8-9-14(19)13(18)10-11/h4-10H,1-3H3,(H2,20,21,22). The summed E-state index contributed by atoms with van der Waals surface area (Å²) in [4.78, 5) is 12.1. The number of hydrogen-bond acceptors (Lipinski definition) is 1. The van der Waals surface area contributed by atoms with Crippen molar-refractivity contribution in [1.29, 1.82) is 0 Å². The second-order valence-corrected chi connectivity index (χ2v) is 6.41. The Bertz CT molecular complexity index is 695. The fourth-order valence-corrected chi connectivity index (χ4v) is 2.29. The lowest BCUT2D eigenvalue weighted by molar-refractivity contribution is 0.262. The number of rotatable bonds is 2. The zero-order valence-electron chi connectivity index (χ0n) is 12.7. The van der Waals surface area contributed by atoms with Crippen LogP contribution in [0.4, 0.5) is 20.6 Å². The summed E-state index contributed by atoms with van der Waals surface area (Å²) in [5.74, 6) is -0.522. The second-order valence-electron chi connectivity index (χ2n) is 6.00. The molecule has 2 aromatic rings. The summed E-state index contributed by atoms with van der Waals surface area (Å²) in [7, 11) is 0. The van der Waals surface area contributed by atoms with E-state index < -0.39 is 11.8 Å². The molecule has 0 aliphatic heterocycles. The molecule has 0 aromatic heterocycles. The molecule has 0 aliphatic carbocycles. The van der Waals surface area contributed by atoms with E-state index in [9.17, 15) is 9.18 Å². The van der Waals surface area contributed by atoms with Crippen LogP contribution in [-0.2, 0) is 5.41 Å².